The lowest BCUT2D eigenvalue weighted by Crippen LogP contribution is -2.12. The molecule has 1 aromatic carbocycles. The number of para-hydroxylation sites is 1. The number of rotatable bonds is 22. The van der Waals surface area contributed by atoms with Crippen LogP contribution in [0.3, 0.4) is 0 Å². The minimum Gasteiger partial charge on any atom is -0.273 e. The summed E-state index contributed by atoms with van der Waals surface area (Å²) < 4.78 is 1.46. The van der Waals surface area contributed by atoms with Crippen molar-refractivity contribution < 1.29 is 4.79 Å². The number of aromatic nitrogens is 3. The Morgan fingerprint density at radius 3 is 1.50 bits per heavy atom. The Morgan fingerprint density at radius 2 is 1.03 bits per heavy atom. The van der Waals surface area contributed by atoms with Crippen LogP contribution in [-0.4, -0.2) is 20.9 Å². The molecule has 4 nitrogen and oxygen atoms in total. The largest absolute Gasteiger partial charge is 0.273 e. The second-order valence-electron chi connectivity index (χ2n) is 10.2. The maximum Gasteiger partial charge on any atom is 0.248 e. The molecule has 0 spiro atoms. The van der Waals surface area contributed by atoms with Crippen LogP contribution < -0.4 is 0 Å². The summed E-state index contributed by atoms with van der Waals surface area (Å²) in [4.78, 5) is 12.4. The van der Waals surface area contributed by atoms with E-state index in [4.69, 9.17) is 0 Å². The van der Waals surface area contributed by atoms with Crippen molar-refractivity contribution in [2.75, 3.05) is 0 Å². The second-order valence-corrected chi connectivity index (χ2v) is 10.2. The van der Waals surface area contributed by atoms with Crippen molar-refractivity contribution >= 4 is 16.9 Å². The highest BCUT2D eigenvalue weighted by Gasteiger charge is 2.10. The van der Waals surface area contributed by atoms with Gasteiger partial charge in [-0.3, -0.25) is 4.79 Å². The molecule has 4 heteroatoms. The molecule has 0 aliphatic heterocycles. The summed E-state index contributed by atoms with van der Waals surface area (Å²) in [7, 11) is 0. The highest BCUT2D eigenvalue weighted by molar-refractivity contribution is 5.88. The minimum absolute atomic E-state index is 0.0616. The smallest absolute Gasteiger partial charge is 0.248 e. The Hall–Kier alpha value is -1.71. The molecule has 0 bridgehead atoms. The van der Waals surface area contributed by atoms with Gasteiger partial charge in [-0.1, -0.05) is 153 Å². The van der Waals surface area contributed by atoms with Crippen molar-refractivity contribution in [3.05, 3.63) is 24.3 Å². The van der Waals surface area contributed by atoms with Gasteiger partial charge in [-0.25, -0.2) is 0 Å². The zero-order chi connectivity index (χ0) is 24.1. The highest BCUT2D eigenvalue weighted by Crippen LogP contribution is 2.16. The van der Waals surface area contributed by atoms with Gasteiger partial charge in [0.05, 0.1) is 5.52 Å². The second kappa shape index (κ2) is 19.6. The zero-order valence-electron chi connectivity index (χ0n) is 22.1. The van der Waals surface area contributed by atoms with Crippen LogP contribution in [0.5, 0.6) is 0 Å². The van der Waals surface area contributed by atoms with Crippen LogP contribution in [0.1, 0.15) is 153 Å². The van der Waals surface area contributed by atoms with Crippen molar-refractivity contribution in [1.82, 2.24) is 15.0 Å². The molecule has 0 saturated carbocycles. The van der Waals surface area contributed by atoms with Gasteiger partial charge in [0.25, 0.3) is 0 Å². The highest BCUT2D eigenvalue weighted by atomic mass is 16.2. The Balaban J connectivity index is 1.28. The van der Waals surface area contributed by atoms with Crippen LogP contribution in [0, 0.1) is 0 Å². The molecule has 2 aromatic rings. The van der Waals surface area contributed by atoms with Crippen molar-refractivity contribution in [3.8, 4) is 0 Å². The molecule has 1 heterocycles. The molecule has 0 saturated heterocycles. The number of nitrogens with zero attached hydrogens (tertiary/aromatic N) is 3. The van der Waals surface area contributed by atoms with Crippen LogP contribution >= 0.6 is 0 Å². The Morgan fingerprint density at radius 1 is 0.618 bits per heavy atom. The summed E-state index contributed by atoms with van der Waals surface area (Å²) in [6.45, 7) is 2.29. The number of carbonyl (C=O) groups is 1. The summed E-state index contributed by atoms with van der Waals surface area (Å²) in [5.74, 6) is 0.0616. The van der Waals surface area contributed by atoms with Gasteiger partial charge in [-0.05, 0) is 18.6 Å². The normalized spacial score (nSPS) is 11.4. The lowest BCUT2D eigenvalue weighted by Gasteiger charge is -2.04. The van der Waals surface area contributed by atoms with Crippen molar-refractivity contribution in [2.24, 2.45) is 0 Å². The van der Waals surface area contributed by atoms with E-state index in [1.165, 1.54) is 127 Å². The molecule has 2 rings (SSSR count). The summed E-state index contributed by atoms with van der Waals surface area (Å²) in [6.07, 6.45) is 29.5. The van der Waals surface area contributed by atoms with Gasteiger partial charge in [-0.15, -0.1) is 5.10 Å². The van der Waals surface area contributed by atoms with E-state index in [1.54, 1.807) is 0 Å². The fraction of sp³-hybridized carbons (Fsp3) is 0.767. The van der Waals surface area contributed by atoms with Crippen molar-refractivity contribution in [3.63, 3.8) is 0 Å². The van der Waals surface area contributed by atoms with Crippen molar-refractivity contribution in [2.45, 2.75) is 148 Å². The lowest BCUT2D eigenvalue weighted by molar-refractivity contribution is 0.0886. The molecule has 0 atom stereocenters. The van der Waals surface area contributed by atoms with Crippen molar-refractivity contribution in [1.29, 1.82) is 0 Å². The van der Waals surface area contributed by atoms with E-state index in [0.29, 0.717) is 6.42 Å². The predicted octanol–water partition coefficient (Wildman–Crippen LogP) is 9.67. The Labute approximate surface area is 209 Å². The first-order valence-corrected chi connectivity index (χ1v) is 14.7. The van der Waals surface area contributed by atoms with Gasteiger partial charge < -0.3 is 0 Å². The molecule has 0 aliphatic carbocycles. The summed E-state index contributed by atoms with van der Waals surface area (Å²) in [6, 6.07) is 7.65. The van der Waals surface area contributed by atoms with E-state index in [2.05, 4.69) is 17.2 Å². The van der Waals surface area contributed by atoms with E-state index < -0.39 is 0 Å². The SMILES string of the molecule is CCCCCCCCCCCCCCCCCCCCCCCC(=O)n1nnc2ccccc21. The molecule has 0 fully saturated rings. The minimum atomic E-state index is 0.0616. The third-order valence-corrected chi connectivity index (χ3v) is 7.08. The molecular formula is C30H51N3O. The van der Waals surface area contributed by atoms with Crippen LogP contribution in [-0.2, 0) is 0 Å². The number of carbonyl (C=O) groups excluding carboxylic acids is 1. The number of fused-ring (bicyclic) bond motifs is 1. The molecule has 0 amide bonds. The van der Waals surface area contributed by atoms with E-state index in [0.717, 1.165) is 23.9 Å². The standard InChI is InChI=1S/C30H51N3O/c1-2-3-4-5-6-7-8-9-10-11-12-13-14-15-16-17-18-19-20-21-22-27-30(34)33-29-26-24-23-25-28(29)31-32-33/h23-26H,2-22,27H2,1H3. The van der Waals surface area contributed by atoms with Gasteiger partial charge in [0, 0.05) is 6.42 Å². The number of benzene rings is 1. The third-order valence-electron chi connectivity index (χ3n) is 7.08. The molecule has 1 aromatic heterocycles. The number of hydrogen-bond donors (Lipinski definition) is 0. The third kappa shape index (κ3) is 12.7. The average molecular weight is 470 g/mol. The summed E-state index contributed by atoms with van der Waals surface area (Å²) in [5.41, 5.74) is 1.60. The first kappa shape index (κ1) is 28.5. The maximum absolute atomic E-state index is 12.4. The Bertz CT molecular complexity index is 754. The van der Waals surface area contributed by atoms with Gasteiger partial charge >= 0.3 is 0 Å². The maximum atomic E-state index is 12.4. The Kier molecular flexibility index (Phi) is 16.4. The lowest BCUT2D eigenvalue weighted by atomic mass is 10.0. The summed E-state index contributed by atoms with van der Waals surface area (Å²) >= 11 is 0. The number of unbranched alkanes of at least 4 members (excludes halogenated alkanes) is 20. The van der Waals surface area contributed by atoms with Gasteiger partial charge in [0.15, 0.2) is 0 Å². The van der Waals surface area contributed by atoms with Crippen LogP contribution in [0.25, 0.3) is 11.0 Å². The molecule has 34 heavy (non-hydrogen) atoms. The van der Waals surface area contributed by atoms with Gasteiger partial charge in [0.2, 0.25) is 5.91 Å². The van der Waals surface area contributed by atoms with Gasteiger partial charge in [-0.2, -0.15) is 4.68 Å². The number of hydrogen-bond acceptors (Lipinski definition) is 3. The molecular weight excluding hydrogens is 418 g/mol. The monoisotopic (exact) mass is 469 g/mol. The fourth-order valence-corrected chi connectivity index (χ4v) is 4.87. The summed E-state index contributed by atoms with van der Waals surface area (Å²) in [5, 5.41) is 8.09. The topological polar surface area (TPSA) is 47.8 Å². The molecule has 0 aliphatic rings. The zero-order valence-corrected chi connectivity index (χ0v) is 22.1. The molecule has 0 radical (unpaired) electrons. The predicted molar refractivity (Wildman–Crippen MR) is 145 cm³/mol. The quantitative estimate of drug-likeness (QED) is 0.161. The van der Waals surface area contributed by atoms with Crippen LogP contribution in [0.4, 0.5) is 0 Å². The van der Waals surface area contributed by atoms with E-state index >= 15 is 0 Å². The fourth-order valence-electron chi connectivity index (χ4n) is 4.87. The van der Waals surface area contributed by atoms with Crippen LogP contribution in [0.15, 0.2) is 24.3 Å². The van der Waals surface area contributed by atoms with Crippen LogP contribution in [0.2, 0.25) is 0 Å². The molecule has 0 unspecified atom stereocenters. The van der Waals surface area contributed by atoms with E-state index in [9.17, 15) is 4.79 Å². The first-order valence-electron chi connectivity index (χ1n) is 14.7. The van der Waals surface area contributed by atoms with E-state index in [1.807, 2.05) is 24.3 Å². The van der Waals surface area contributed by atoms with E-state index in [-0.39, 0.29) is 5.91 Å². The molecule has 192 valence electrons. The molecule has 0 N–H and O–H groups in total. The average Bonchev–Trinajstić information content (AvgIpc) is 3.29. The van der Waals surface area contributed by atoms with Gasteiger partial charge in [0.1, 0.15) is 5.52 Å². The first-order chi connectivity index (χ1) is 16.8.